The summed E-state index contributed by atoms with van der Waals surface area (Å²) in [7, 11) is 0. The van der Waals surface area contributed by atoms with E-state index in [4.69, 9.17) is 4.74 Å². The molecule has 0 aliphatic heterocycles. The van der Waals surface area contributed by atoms with Crippen LogP contribution in [0.3, 0.4) is 0 Å². The zero-order valence-electron chi connectivity index (χ0n) is 42.2. The molecule has 0 fully saturated rings. The number of ether oxygens (including phenoxy) is 1. The van der Waals surface area contributed by atoms with E-state index in [1.165, 1.54) is 186 Å². The third kappa shape index (κ3) is 46.4. The van der Waals surface area contributed by atoms with Crippen molar-refractivity contribution in [3.05, 3.63) is 36.5 Å². The van der Waals surface area contributed by atoms with E-state index in [2.05, 4.69) is 62.5 Å². The van der Waals surface area contributed by atoms with Crippen LogP contribution in [0.5, 0.6) is 0 Å². The number of allylic oxidation sites excluding steroid dienone is 6. The Bertz CT molecular complexity index is 1040. The number of rotatable bonds is 50. The second kappa shape index (κ2) is 51.1. The first kappa shape index (κ1) is 61.1. The highest BCUT2D eigenvalue weighted by Crippen LogP contribution is 2.17. The number of nitrogens with one attached hydrogen (secondary N) is 1. The minimum Gasteiger partial charge on any atom is -0.462 e. The summed E-state index contributed by atoms with van der Waals surface area (Å²) < 4.78 is 5.92. The van der Waals surface area contributed by atoms with E-state index < -0.39 is 18.2 Å². The summed E-state index contributed by atoms with van der Waals surface area (Å²) in [5.41, 5.74) is 0. The van der Waals surface area contributed by atoms with Gasteiger partial charge in [0.2, 0.25) is 5.91 Å². The first-order valence-corrected chi connectivity index (χ1v) is 27.7. The lowest BCUT2D eigenvalue weighted by molar-refractivity contribution is -0.151. The van der Waals surface area contributed by atoms with Gasteiger partial charge in [-0.1, -0.05) is 243 Å². The van der Waals surface area contributed by atoms with Crippen molar-refractivity contribution in [2.75, 3.05) is 6.61 Å². The minimum atomic E-state index is -0.797. The number of amides is 1. The number of unbranched alkanes of at least 4 members (excludes halogenated alkanes) is 33. The Labute approximate surface area is 392 Å². The molecular formula is C57H107NO5. The van der Waals surface area contributed by atoms with Crippen molar-refractivity contribution < 1.29 is 24.5 Å². The van der Waals surface area contributed by atoms with E-state index >= 15 is 0 Å². The number of carbonyl (C=O) groups excluding carboxylic acids is 2. The van der Waals surface area contributed by atoms with E-state index in [1.807, 2.05) is 0 Å². The van der Waals surface area contributed by atoms with Crippen LogP contribution in [0.25, 0.3) is 0 Å². The van der Waals surface area contributed by atoms with E-state index in [-0.39, 0.29) is 24.9 Å². The number of aliphatic hydroxyl groups is 2. The summed E-state index contributed by atoms with van der Waals surface area (Å²) >= 11 is 0. The summed E-state index contributed by atoms with van der Waals surface area (Å²) in [6, 6.07) is -0.713. The van der Waals surface area contributed by atoms with Crippen LogP contribution in [-0.2, 0) is 14.3 Å². The van der Waals surface area contributed by atoms with Crippen molar-refractivity contribution >= 4 is 11.9 Å². The molecule has 0 aliphatic carbocycles. The van der Waals surface area contributed by atoms with E-state index in [0.717, 1.165) is 57.8 Å². The molecule has 63 heavy (non-hydrogen) atoms. The molecule has 0 aromatic rings. The molecule has 0 saturated carbocycles. The maximum Gasteiger partial charge on any atom is 0.306 e. The average Bonchev–Trinajstić information content (AvgIpc) is 3.28. The third-order valence-electron chi connectivity index (χ3n) is 12.7. The monoisotopic (exact) mass is 886 g/mol. The molecule has 3 unspecified atom stereocenters. The maximum atomic E-state index is 13.2. The number of hydrogen-bond donors (Lipinski definition) is 3. The van der Waals surface area contributed by atoms with Crippen LogP contribution in [0.15, 0.2) is 36.5 Å². The van der Waals surface area contributed by atoms with Gasteiger partial charge in [-0.25, -0.2) is 0 Å². The van der Waals surface area contributed by atoms with Gasteiger partial charge >= 0.3 is 5.97 Å². The molecule has 6 nitrogen and oxygen atoms in total. The predicted octanol–water partition coefficient (Wildman–Crippen LogP) is 16.8. The Hall–Kier alpha value is -1.92. The summed E-state index contributed by atoms with van der Waals surface area (Å²) in [6.07, 6.45) is 60.7. The van der Waals surface area contributed by atoms with Crippen molar-refractivity contribution in [1.29, 1.82) is 0 Å². The Kier molecular flexibility index (Phi) is 49.5. The second-order valence-electron chi connectivity index (χ2n) is 19.0. The summed E-state index contributed by atoms with van der Waals surface area (Å²) in [6.45, 7) is 6.47. The molecule has 0 aliphatic rings. The van der Waals surface area contributed by atoms with Gasteiger partial charge in [-0.05, 0) is 70.6 Å². The molecule has 3 N–H and O–H groups in total. The number of aliphatic hydroxyl groups excluding tert-OH is 2. The molecule has 0 spiro atoms. The first-order chi connectivity index (χ1) is 31.0. The Morgan fingerprint density at radius 1 is 0.460 bits per heavy atom. The summed E-state index contributed by atoms with van der Waals surface area (Å²) in [5, 5.41) is 23.8. The normalized spacial score (nSPS) is 13.4. The SMILES string of the molecule is CCCCCCCC/C=C/CCCCCCCCCCCC(=O)OC(CCC/C=C/C=C/CCCCCCCCC)CC(=O)NC(CO)C(O)CCCCCCCCCCCCC. The van der Waals surface area contributed by atoms with Gasteiger partial charge in [0.05, 0.1) is 25.2 Å². The molecular weight excluding hydrogens is 779 g/mol. The molecule has 3 atom stereocenters. The van der Waals surface area contributed by atoms with Crippen molar-refractivity contribution in [2.24, 2.45) is 0 Å². The van der Waals surface area contributed by atoms with Crippen molar-refractivity contribution in [2.45, 2.75) is 309 Å². The molecule has 0 aromatic carbocycles. The fraction of sp³-hybridized carbons (Fsp3) is 0.860. The van der Waals surface area contributed by atoms with Gasteiger partial charge in [-0.15, -0.1) is 0 Å². The molecule has 0 bridgehead atoms. The molecule has 6 heteroatoms. The van der Waals surface area contributed by atoms with Gasteiger partial charge in [0.15, 0.2) is 0 Å². The zero-order chi connectivity index (χ0) is 45.9. The molecule has 370 valence electrons. The van der Waals surface area contributed by atoms with Crippen molar-refractivity contribution in [3.8, 4) is 0 Å². The summed E-state index contributed by atoms with van der Waals surface area (Å²) in [4.78, 5) is 26.2. The number of hydrogen-bond acceptors (Lipinski definition) is 5. The average molecular weight is 886 g/mol. The van der Waals surface area contributed by atoms with Gasteiger partial charge in [0.1, 0.15) is 6.10 Å². The molecule has 1 amide bonds. The highest BCUT2D eigenvalue weighted by molar-refractivity contribution is 5.77. The van der Waals surface area contributed by atoms with Gasteiger partial charge in [0.25, 0.3) is 0 Å². The van der Waals surface area contributed by atoms with E-state index in [1.54, 1.807) is 0 Å². The van der Waals surface area contributed by atoms with Crippen LogP contribution in [0.1, 0.15) is 290 Å². The van der Waals surface area contributed by atoms with Crippen LogP contribution >= 0.6 is 0 Å². The zero-order valence-corrected chi connectivity index (χ0v) is 42.2. The van der Waals surface area contributed by atoms with E-state index in [9.17, 15) is 19.8 Å². The first-order valence-electron chi connectivity index (χ1n) is 27.7. The standard InChI is InChI=1S/C57H107NO5/c1-4-7-10-13-16-19-22-24-26-27-28-29-30-32-35-38-41-44-47-50-57(62)63-53(48-45-42-39-36-34-31-25-23-20-17-14-11-8-5-2)51-56(61)58-54(52-59)55(60)49-46-43-40-37-33-21-18-15-12-9-6-3/h24,26,31,34,36,39,53-55,59-60H,4-23,25,27-30,32-33,35,37-38,40-52H2,1-3H3,(H,58,61)/b26-24+,34-31+,39-36+. The van der Waals surface area contributed by atoms with Gasteiger partial charge in [-0.3, -0.25) is 9.59 Å². The molecule has 0 saturated heterocycles. The van der Waals surface area contributed by atoms with Crippen LogP contribution in [-0.4, -0.2) is 46.9 Å². The van der Waals surface area contributed by atoms with Gasteiger partial charge in [-0.2, -0.15) is 0 Å². The lowest BCUT2D eigenvalue weighted by Gasteiger charge is -2.24. The fourth-order valence-corrected chi connectivity index (χ4v) is 8.48. The van der Waals surface area contributed by atoms with Crippen LogP contribution in [0.4, 0.5) is 0 Å². The topological polar surface area (TPSA) is 95.9 Å². The second-order valence-corrected chi connectivity index (χ2v) is 19.0. The molecule has 0 heterocycles. The largest absolute Gasteiger partial charge is 0.462 e. The minimum absolute atomic E-state index is 0.0466. The Balaban J connectivity index is 4.56. The maximum absolute atomic E-state index is 13.2. The molecule has 0 rings (SSSR count). The van der Waals surface area contributed by atoms with Gasteiger partial charge in [0, 0.05) is 6.42 Å². The number of esters is 1. The van der Waals surface area contributed by atoms with Crippen LogP contribution in [0, 0.1) is 0 Å². The fourth-order valence-electron chi connectivity index (χ4n) is 8.48. The van der Waals surface area contributed by atoms with Crippen LogP contribution < -0.4 is 5.32 Å². The van der Waals surface area contributed by atoms with Gasteiger partial charge < -0.3 is 20.3 Å². The third-order valence-corrected chi connectivity index (χ3v) is 12.7. The van der Waals surface area contributed by atoms with Crippen molar-refractivity contribution in [1.82, 2.24) is 5.32 Å². The Morgan fingerprint density at radius 2 is 0.825 bits per heavy atom. The van der Waals surface area contributed by atoms with Crippen LogP contribution in [0.2, 0.25) is 0 Å². The molecule has 0 aromatic heterocycles. The highest BCUT2D eigenvalue weighted by Gasteiger charge is 2.24. The quantitative estimate of drug-likeness (QED) is 0.0245. The van der Waals surface area contributed by atoms with E-state index in [0.29, 0.717) is 19.3 Å². The predicted molar refractivity (Wildman–Crippen MR) is 273 cm³/mol. The summed E-state index contributed by atoms with van der Waals surface area (Å²) in [5.74, 6) is -0.512. The lowest BCUT2D eigenvalue weighted by Crippen LogP contribution is -2.46. The lowest BCUT2D eigenvalue weighted by atomic mass is 10.0. The smallest absolute Gasteiger partial charge is 0.306 e. The Morgan fingerprint density at radius 3 is 1.25 bits per heavy atom. The molecule has 0 radical (unpaired) electrons. The van der Waals surface area contributed by atoms with Crippen molar-refractivity contribution in [3.63, 3.8) is 0 Å². The highest BCUT2D eigenvalue weighted by atomic mass is 16.5. The number of carbonyl (C=O) groups is 2.